The minimum atomic E-state index is 0.821. The predicted octanol–water partition coefficient (Wildman–Crippen LogP) is 4.10. The quantitative estimate of drug-likeness (QED) is 0.560. The summed E-state index contributed by atoms with van der Waals surface area (Å²) in [6.45, 7) is 14.1. The lowest BCUT2D eigenvalue weighted by Crippen LogP contribution is -2.47. The van der Waals surface area contributed by atoms with Crippen LogP contribution in [0.4, 0.5) is 5.69 Å². The molecule has 0 spiro atoms. The first-order valence-electron chi connectivity index (χ1n) is 11.5. The van der Waals surface area contributed by atoms with Gasteiger partial charge in [0.25, 0.3) is 0 Å². The molecule has 0 unspecified atom stereocenters. The van der Waals surface area contributed by atoms with Gasteiger partial charge in [-0.2, -0.15) is 5.10 Å². The average Bonchev–Trinajstić information content (AvgIpc) is 3.17. The summed E-state index contributed by atoms with van der Waals surface area (Å²) >= 11 is 0. The van der Waals surface area contributed by atoms with Gasteiger partial charge in [-0.3, -0.25) is 4.90 Å². The summed E-state index contributed by atoms with van der Waals surface area (Å²) in [6, 6.07) is 19.2. The van der Waals surface area contributed by atoms with Gasteiger partial charge in [-0.15, -0.1) is 0 Å². The number of aromatic nitrogens is 2. The Kier molecular flexibility index (Phi) is 7.05. The fraction of sp³-hybridized carbons (Fsp3) is 0.423. The lowest BCUT2D eigenvalue weighted by atomic mass is 10.1. The van der Waals surface area contributed by atoms with Gasteiger partial charge >= 0.3 is 0 Å². The van der Waals surface area contributed by atoms with Gasteiger partial charge < -0.3 is 10.2 Å². The summed E-state index contributed by atoms with van der Waals surface area (Å²) in [6.07, 6.45) is 1.17. The van der Waals surface area contributed by atoms with Crippen LogP contribution < -0.4 is 10.2 Å². The molecule has 1 fully saturated rings. The van der Waals surface area contributed by atoms with Crippen molar-refractivity contribution in [2.24, 2.45) is 0 Å². The van der Waals surface area contributed by atoms with Crippen molar-refractivity contribution >= 4 is 5.69 Å². The summed E-state index contributed by atoms with van der Waals surface area (Å²) < 4.78 is 2.02. The standard InChI is InChI=1S/C26H35N5/c1-21-9-7-12-26(23(21)3)30-17-15-29(16-18-30)14-8-13-27-20-24-19-22(2)31(28-24)25-10-5-4-6-11-25/h4-7,9-12,19,27H,8,13-18,20H2,1-3H3. The highest BCUT2D eigenvalue weighted by molar-refractivity contribution is 5.56. The van der Waals surface area contributed by atoms with E-state index in [4.69, 9.17) is 5.10 Å². The molecule has 0 saturated carbocycles. The zero-order valence-corrected chi connectivity index (χ0v) is 19.1. The van der Waals surface area contributed by atoms with Crippen molar-refractivity contribution < 1.29 is 0 Å². The van der Waals surface area contributed by atoms with Crippen LogP contribution in [0.1, 0.15) is 28.9 Å². The first-order chi connectivity index (χ1) is 15.1. The first-order valence-corrected chi connectivity index (χ1v) is 11.5. The summed E-state index contributed by atoms with van der Waals surface area (Å²) in [5.41, 5.74) is 7.60. The largest absolute Gasteiger partial charge is 0.369 e. The second kappa shape index (κ2) is 10.1. The van der Waals surface area contributed by atoms with Crippen LogP contribution in [0.25, 0.3) is 5.69 Å². The summed E-state index contributed by atoms with van der Waals surface area (Å²) in [4.78, 5) is 5.14. The van der Waals surface area contributed by atoms with Crippen LogP contribution in [0, 0.1) is 20.8 Å². The topological polar surface area (TPSA) is 36.3 Å². The second-order valence-electron chi connectivity index (χ2n) is 8.60. The highest BCUT2D eigenvalue weighted by atomic mass is 15.3. The Morgan fingerprint density at radius 3 is 2.45 bits per heavy atom. The van der Waals surface area contributed by atoms with Crippen molar-refractivity contribution in [3.8, 4) is 5.69 Å². The molecule has 5 nitrogen and oxygen atoms in total. The van der Waals surface area contributed by atoms with E-state index in [-0.39, 0.29) is 0 Å². The molecule has 5 heteroatoms. The molecule has 0 aliphatic carbocycles. The van der Waals surface area contributed by atoms with E-state index in [2.05, 4.69) is 84.4 Å². The van der Waals surface area contributed by atoms with Gasteiger partial charge in [0.05, 0.1) is 11.4 Å². The lowest BCUT2D eigenvalue weighted by Gasteiger charge is -2.37. The van der Waals surface area contributed by atoms with Crippen LogP contribution in [0.5, 0.6) is 0 Å². The highest BCUT2D eigenvalue weighted by Crippen LogP contribution is 2.23. The molecule has 3 aromatic rings. The maximum Gasteiger partial charge on any atom is 0.0769 e. The fourth-order valence-corrected chi connectivity index (χ4v) is 4.39. The van der Waals surface area contributed by atoms with Crippen molar-refractivity contribution in [2.75, 3.05) is 44.2 Å². The Hall–Kier alpha value is -2.63. The predicted molar refractivity (Wildman–Crippen MR) is 129 cm³/mol. The Balaban J connectivity index is 1.17. The van der Waals surface area contributed by atoms with E-state index in [1.807, 2.05) is 10.7 Å². The number of nitrogens with zero attached hydrogens (tertiary/aromatic N) is 4. The average molecular weight is 418 g/mol. The first kappa shape index (κ1) is 21.6. The number of piperazine rings is 1. The number of nitrogens with one attached hydrogen (secondary N) is 1. The van der Waals surface area contributed by atoms with Crippen molar-refractivity contribution in [1.29, 1.82) is 0 Å². The smallest absolute Gasteiger partial charge is 0.0769 e. The zero-order chi connectivity index (χ0) is 21.6. The number of benzene rings is 2. The van der Waals surface area contributed by atoms with Crippen LogP contribution in [0.15, 0.2) is 54.6 Å². The molecule has 1 saturated heterocycles. The maximum absolute atomic E-state index is 4.76. The number of anilines is 1. The Labute approximate surface area is 186 Å². The van der Waals surface area contributed by atoms with Crippen LogP contribution in [-0.2, 0) is 6.54 Å². The zero-order valence-electron chi connectivity index (χ0n) is 19.1. The van der Waals surface area contributed by atoms with E-state index in [9.17, 15) is 0 Å². The number of hydrogen-bond acceptors (Lipinski definition) is 4. The monoisotopic (exact) mass is 417 g/mol. The van der Waals surface area contributed by atoms with Gasteiger partial charge in [0.2, 0.25) is 0 Å². The third-order valence-electron chi connectivity index (χ3n) is 6.36. The maximum atomic E-state index is 4.76. The molecule has 164 valence electrons. The van der Waals surface area contributed by atoms with E-state index < -0.39 is 0 Å². The molecule has 1 aliphatic heterocycles. The Morgan fingerprint density at radius 1 is 0.903 bits per heavy atom. The summed E-state index contributed by atoms with van der Waals surface area (Å²) in [5.74, 6) is 0. The Morgan fingerprint density at radius 2 is 1.68 bits per heavy atom. The minimum absolute atomic E-state index is 0.821. The van der Waals surface area contributed by atoms with Crippen molar-refractivity contribution in [3.63, 3.8) is 0 Å². The minimum Gasteiger partial charge on any atom is -0.369 e. The molecular weight excluding hydrogens is 382 g/mol. The normalized spacial score (nSPS) is 14.9. The Bertz CT molecular complexity index is 971. The molecule has 31 heavy (non-hydrogen) atoms. The molecule has 0 bridgehead atoms. The van der Waals surface area contributed by atoms with Crippen molar-refractivity contribution in [3.05, 3.63) is 77.1 Å². The van der Waals surface area contributed by atoms with E-state index in [0.717, 1.165) is 57.2 Å². The summed E-state index contributed by atoms with van der Waals surface area (Å²) in [5, 5.41) is 8.32. The van der Waals surface area contributed by atoms with Crippen LogP contribution in [0.2, 0.25) is 0 Å². The van der Waals surface area contributed by atoms with Gasteiger partial charge in [-0.25, -0.2) is 4.68 Å². The number of rotatable bonds is 8. The van der Waals surface area contributed by atoms with Gasteiger partial charge in [0, 0.05) is 44.1 Å². The van der Waals surface area contributed by atoms with Crippen LogP contribution >= 0.6 is 0 Å². The van der Waals surface area contributed by atoms with Crippen LogP contribution in [-0.4, -0.2) is 53.9 Å². The van der Waals surface area contributed by atoms with Gasteiger partial charge in [-0.05, 0) is 75.7 Å². The number of hydrogen-bond donors (Lipinski definition) is 1. The van der Waals surface area contributed by atoms with Gasteiger partial charge in [-0.1, -0.05) is 30.3 Å². The molecule has 4 rings (SSSR count). The third-order valence-corrected chi connectivity index (χ3v) is 6.36. The molecule has 0 atom stereocenters. The van der Waals surface area contributed by atoms with E-state index >= 15 is 0 Å². The molecular formula is C26H35N5. The molecule has 1 aromatic heterocycles. The fourth-order valence-electron chi connectivity index (χ4n) is 4.39. The number of aryl methyl sites for hydroxylation is 2. The van der Waals surface area contributed by atoms with Gasteiger partial charge in [0.15, 0.2) is 0 Å². The van der Waals surface area contributed by atoms with Crippen molar-refractivity contribution in [2.45, 2.75) is 33.7 Å². The molecule has 2 aromatic carbocycles. The molecule has 1 N–H and O–H groups in total. The third kappa shape index (κ3) is 5.35. The highest BCUT2D eigenvalue weighted by Gasteiger charge is 2.18. The van der Waals surface area contributed by atoms with E-state index in [0.29, 0.717) is 0 Å². The van der Waals surface area contributed by atoms with E-state index in [1.54, 1.807) is 0 Å². The molecule has 0 amide bonds. The SMILES string of the molecule is Cc1cccc(N2CCN(CCCNCc3cc(C)n(-c4ccccc4)n3)CC2)c1C. The van der Waals surface area contributed by atoms with Gasteiger partial charge in [0.1, 0.15) is 0 Å². The summed E-state index contributed by atoms with van der Waals surface area (Å²) in [7, 11) is 0. The molecule has 1 aliphatic rings. The lowest BCUT2D eigenvalue weighted by molar-refractivity contribution is 0.254. The van der Waals surface area contributed by atoms with Crippen LogP contribution in [0.3, 0.4) is 0 Å². The van der Waals surface area contributed by atoms with E-state index in [1.165, 1.54) is 28.9 Å². The van der Waals surface area contributed by atoms with Crippen molar-refractivity contribution in [1.82, 2.24) is 20.0 Å². The number of para-hydroxylation sites is 1. The molecule has 0 radical (unpaired) electrons. The second-order valence-corrected chi connectivity index (χ2v) is 8.60. The molecule has 2 heterocycles.